The number of carbonyl (C=O) groups is 1. The maximum Gasteiger partial charge on any atom is 0.222 e. The summed E-state index contributed by atoms with van der Waals surface area (Å²) >= 11 is 0. The number of amides is 1. The standard InChI is InChI=1S/C22H33F2N5O.HI/c1-2-25-22(26-12-7-14-28-13-5-3-4-10-20(28)30)27-17-11-15-29(16-17)21-18(23)8-6-9-19(21)24;/h6,8-9,17H,2-5,7,10-16H2,1H3,(H2,25,26,27);1H. The Labute approximate surface area is 200 Å². The van der Waals surface area contributed by atoms with Crippen molar-refractivity contribution >= 4 is 41.5 Å². The maximum absolute atomic E-state index is 14.1. The van der Waals surface area contributed by atoms with Gasteiger partial charge in [-0.15, -0.1) is 24.0 Å². The molecule has 0 bridgehead atoms. The number of nitrogens with zero attached hydrogens (tertiary/aromatic N) is 3. The molecule has 0 saturated carbocycles. The lowest BCUT2D eigenvalue weighted by Crippen LogP contribution is -2.44. The summed E-state index contributed by atoms with van der Waals surface area (Å²) in [6, 6.07) is 4.03. The zero-order valence-electron chi connectivity index (χ0n) is 18.2. The molecule has 6 nitrogen and oxygen atoms in total. The van der Waals surface area contributed by atoms with Gasteiger partial charge in [0.15, 0.2) is 5.96 Å². The number of nitrogens with one attached hydrogen (secondary N) is 2. The number of hydrogen-bond donors (Lipinski definition) is 2. The summed E-state index contributed by atoms with van der Waals surface area (Å²) in [7, 11) is 0. The SMILES string of the molecule is CCNC(=NCCCN1CCCCCC1=O)NC1CCN(c2c(F)cccc2F)C1.I. The van der Waals surface area contributed by atoms with Crippen molar-refractivity contribution in [3.63, 3.8) is 0 Å². The number of hydrogen-bond acceptors (Lipinski definition) is 3. The van der Waals surface area contributed by atoms with Gasteiger partial charge in [-0.05, 0) is 44.7 Å². The van der Waals surface area contributed by atoms with Gasteiger partial charge in [-0.3, -0.25) is 9.79 Å². The Hall–Kier alpha value is -1.65. The van der Waals surface area contributed by atoms with Crippen LogP contribution < -0.4 is 15.5 Å². The van der Waals surface area contributed by atoms with E-state index in [-0.39, 0.29) is 41.6 Å². The fourth-order valence-electron chi connectivity index (χ4n) is 4.11. The van der Waals surface area contributed by atoms with Gasteiger partial charge < -0.3 is 20.4 Å². The van der Waals surface area contributed by atoms with E-state index in [4.69, 9.17) is 0 Å². The zero-order valence-corrected chi connectivity index (χ0v) is 20.5. The molecular formula is C22H34F2IN5O. The number of likely N-dealkylation sites (tertiary alicyclic amines) is 1. The van der Waals surface area contributed by atoms with E-state index in [1.807, 2.05) is 11.8 Å². The molecule has 1 aromatic carbocycles. The summed E-state index contributed by atoms with van der Waals surface area (Å²) in [6.45, 7) is 6.06. The lowest BCUT2D eigenvalue weighted by molar-refractivity contribution is -0.130. The van der Waals surface area contributed by atoms with Crippen molar-refractivity contribution in [1.82, 2.24) is 15.5 Å². The summed E-state index contributed by atoms with van der Waals surface area (Å²) in [5.74, 6) is -0.0907. The van der Waals surface area contributed by atoms with Crippen LogP contribution in [-0.2, 0) is 4.79 Å². The fourth-order valence-corrected chi connectivity index (χ4v) is 4.11. The summed E-state index contributed by atoms with van der Waals surface area (Å²) < 4.78 is 28.1. The Morgan fingerprint density at radius 3 is 2.71 bits per heavy atom. The van der Waals surface area contributed by atoms with Gasteiger partial charge in [-0.25, -0.2) is 8.78 Å². The highest BCUT2D eigenvalue weighted by atomic mass is 127. The number of benzene rings is 1. The number of guanidine groups is 1. The average molecular weight is 549 g/mol. The van der Waals surface area contributed by atoms with Gasteiger partial charge in [-0.1, -0.05) is 12.5 Å². The average Bonchev–Trinajstić information content (AvgIpc) is 3.06. The molecule has 174 valence electrons. The van der Waals surface area contributed by atoms with Crippen molar-refractivity contribution in [2.45, 2.75) is 51.5 Å². The Kier molecular flexibility index (Phi) is 10.8. The molecule has 2 heterocycles. The zero-order chi connectivity index (χ0) is 21.3. The van der Waals surface area contributed by atoms with E-state index in [9.17, 15) is 13.6 Å². The van der Waals surface area contributed by atoms with Crippen LogP contribution in [0.2, 0.25) is 0 Å². The summed E-state index contributed by atoms with van der Waals surface area (Å²) in [5, 5.41) is 6.62. The molecule has 2 fully saturated rings. The highest BCUT2D eigenvalue weighted by molar-refractivity contribution is 14.0. The third-order valence-corrected chi connectivity index (χ3v) is 5.65. The van der Waals surface area contributed by atoms with Gasteiger partial charge in [-0.2, -0.15) is 0 Å². The van der Waals surface area contributed by atoms with E-state index in [0.29, 0.717) is 32.0 Å². The number of aliphatic imine (C=N–C) groups is 1. The Morgan fingerprint density at radius 1 is 1.19 bits per heavy atom. The molecule has 1 aromatic rings. The number of anilines is 1. The molecule has 1 atom stereocenters. The van der Waals surface area contributed by atoms with E-state index < -0.39 is 11.6 Å². The second-order valence-corrected chi connectivity index (χ2v) is 7.95. The minimum Gasteiger partial charge on any atom is -0.365 e. The first-order valence-electron chi connectivity index (χ1n) is 11.1. The van der Waals surface area contributed by atoms with Crippen LogP contribution in [-0.4, -0.2) is 62.1 Å². The third-order valence-electron chi connectivity index (χ3n) is 5.65. The van der Waals surface area contributed by atoms with Crippen molar-refractivity contribution in [3.05, 3.63) is 29.8 Å². The molecule has 1 amide bonds. The minimum atomic E-state index is -0.528. The molecular weight excluding hydrogens is 515 g/mol. The number of carbonyl (C=O) groups excluding carboxylic acids is 1. The molecule has 0 aromatic heterocycles. The first kappa shape index (κ1) is 25.6. The van der Waals surface area contributed by atoms with Crippen LogP contribution >= 0.6 is 24.0 Å². The monoisotopic (exact) mass is 549 g/mol. The number of halogens is 3. The van der Waals surface area contributed by atoms with Crippen LogP contribution in [0.1, 0.15) is 45.4 Å². The molecule has 3 rings (SSSR count). The largest absolute Gasteiger partial charge is 0.365 e. The molecule has 2 saturated heterocycles. The minimum absolute atomic E-state index is 0. The summed E-state index contributed by atoms with van der Waals surface area (Å²) in [4.78, 5) is 20.4. The van der Waals surface area contributed by atoms with E-state index in [2.05, 4.69) is 15.6 Å². The summed E-state index contributed by atoms with van der Waals surface area (Å²) in [5.41, 5.74) is 0.0471. The quantitative estimate of drug-likeness (QED) is 0.237. The van der Waals surface area contributed by atoms with Gasteiger partial charge in [0.25, 0.3) is 0 Å². The highest BCUT2D eigenvalue weighted by Gasteiger charge is 2.27. The highest BCUT2D eigenvalue weighted by Crippen LogP contribution is 2.26. The molecule has 0 spiro atoms. The lowest BCUT2D eigenvalue weighted by atomic mass is 10.2. The molecule has 9 heteroatoms. The normalized spacial score (nSPS) is 19.8. The molecule has 2 N–H and O–H groups in total. The third kappa shape index (κ3) is 7.47. The van der Waals surface area contributed by atoms with Crippen LogP contribution in [0.3, 0.4) is 0 Å². The number of para-hydroxylation sites is 1. The first-order chi connectivity index (χ1) is 14.6. The lowest BCUT2D eigenvalue weighted by Gasteiger charge is -2.21. The van der Waals surface area contributed by atoms with Gasteiger partial charge in [0, 0.05) is 51.7 Å². The smallest absolute Gasteiger partial charge is 0.222 e. The van der Waals surface area contributed by atoms with Gasteiger partial charge in [0.05, 0.1) is 0 Å². The Morgan fingerprint density at radius 2 is 1.97 bits per heavy atom. The van der Waals surface area contributed by atoms with Crippen LogP contribution in [0.5, 0.6) is 0 Å². The fraction of sp³-hybridized carbons (Fsp3) is 0.636. The van der Waals surface area contributed by atoms with Crippen molar-refractivity contribution in [2.75, 3.05) is 44.2 Å². The molecule has 2 aliphatic rings. The van der Waals surface area contributed by atoms with Gasteiger partial charge in [0.1, 0.15) is 17.3 Å². The maximum atomic E-state index is 14.1. The predicted molar refractivity (Wildman–Crippen MR) is 131 cm³/mol. The Balaban J connectivity index is 0.00000341. The molecule has 31 heavy (non-hydrogen) atoms. The van der Waals surface area contributed by atoms with Crippen LogP contribution in [0, 0.1) is 11.6 Å². The first-order valence-corrected chi connectivity index (χ1v) is 11.1. The molecule has 2 aliphatic heterocycles. The molecule has 1 unspecified atom stereocenters. The van der Waals surface area contributed by atoms with Crippen LogP contribution in [0.4, 0.5) is 14.5 Å². The van der Waals surface area contributed by atoms with E-state index in [1.165, 1.54) is 18.2 Å². The molecule has 0 radical (unpaired) electrons. The second-order valence-electron chi connectivity index (χ2n) is 7.95. The topological polar surface area (TPSA) is 60.0 Å². The summed E-state index contributed by atoms with van der Waals surface area (Å²) in [6.07, 6.45) is 5.47. The Bertz CT molecular complexity index is 728. The predicted octanol–water partition coefficient (Wildman–Crippen LogP) is 3.51. The van der Waals surface area contributed by atoms with Gasteiger partial charge in [0.2, 0.25) is 5.91 Å². The van der Waals surface area contributed by atoms with E-state index in [0.717, 1.165) is 51.7 Å². The van der Waals surface area contributed by atoms with Crippen LogP contribution in [0.15, 0.2) is 23.2 Å². The van der Waals surface area contributed by atoms with Gasteiger partial charge >= 0.3 is 0 Å². The number of rotatable bonds is 7. The molecule has 0 aliphatic carbocycles. The van der Waals surface area contributed by atoms with E-state index >= 15 is 0 Å². The van der Waals surface area contributed by atoms with Crippen molar-refractivity contribution in [2.24, 2.45) is 4.99 Å². The van der Waals surface area contributed by atoms with Crippen molar-refractivity contribution in [1.29, 1.82) is 0 Å². The van der Waals surface area contributed by atoms with Crippen molar-refractivity contribution in [3.8, 4) is 0 Å². The van der Waals surface area contributed by atoms with Crippen molar-refractivity contribution < 1.29 is 13.6 Å². The second kappa shape index (κ2) is 13.0. The van der Waals surface area contributed by atoms with E-state index in [1.54, 1.807) is 4.90 Å². The van der Waals surface area contributed by atoms with Crippen LogP contribution in [0.25, 0.3) is 0 Å².